The molecule has 180 valence electrons. The van der Waals surface area contributed by atoms with Crippen LogP contribution in [0, 0.1) is 12.7 Å². The highest BCUT2D eigenvalue weighted by Crippen LogP contribution is 2.39. The number of aliphatic hydroxyl groups is 1. The Morgan fingerprint density at radius 1 is 1.17 bits per heavy atom. The molecule has 9 heteroatoms. The topological polar surface area (TPSA) is 105 Å². The van der Waals surface area contributed by atoms with E-state index in [1.807, 2.05) is 6.92 Å². The van der Waals surface area contributed by atoms with Crippen LogP contribution < -0.4 is 10.6 Å². The summed E-state index contributed by atoms with van der Waals surface area (Å²) in [5, 5.41) is 21.5. The number of aryl methyl sites for hydroxylation is 2. The number of hydrogen-bond acceptors (Lipinski definition) is 6. The Hall–Kier alpha value is -3.85. The maximum atomic E-state index is 14.3. The molecule has 0 spiro atoms. The minimum Gasteiger partial charge on any atom is -0.388 e. The number of halogens is 1. The summed E-state index contributed by atoms with van der Waals surface area (Å²) in [6.45, 7) is 3.61. The third kappa shape index (κ3) is 4.72. The standard InChI is InChI=1S/C26H27FN6O2/c1-15-4-5-17(10-20(15)27)24(19-13-29-33(3)14-19)32-25(34)21-7-6-18-12-28-23(11-22(18)31-21)30-16(2)26(35)8-9-26/h4-7,10-14,16,24,35H,8-9H2,1-3H3,(H,28,30)(H,32,34)/t16-,24-/m0/s1. The van der Waals surface area contributed by atoms with Crippen molar-refractivity contribution in [3.8, 4) is 0 Å². The first-order valence-electron chi connectivity index (χ1n) is 11.5. The Morgan fingerprint density at radius 2 is 1.97 bits per heavy atom. The molecule has 0 radical (unpaired) electrons. The molecule has 1 fully saturated rings. The van der Waals surface area contributed by atoms with Gasteiger partial charge in [0.25, 0.3) is 5.91 Å². The smallest absolute Gasteiger partial charge is 0.270 e. The van der Waals surface area contributed by atoms with Gasteiger partial charge in [-0.2, -0.15) is 5.10 Å². The molecule has 1 aromatic carbocycles. The fourth-order valence-electron chi connectivity index (χ4n) is 4.08. The lowest BCUT2D eigenvalue weighted by atomic mass is 9.99. The van der Waals surface area contributed by atoms with Crippen molar-refractivity contribution in [3.63, 3.8) is 0 Å². The monoisotopic (exact) mass is 474 g/mol. The first kappa shape index (κ1) is 22.9. The SMILES string of the molecule is Cc1ccc([C@H](NC(=O)c2ccc3cnc(N[C@@H](C)C4(O)CC4)cc3n2)c2cnn(C)c2)cc1F. The summed E-state index contributed by atoms with van der Waals surface area (Å²) >= 11 is 0. The van der Waals surface area contributed by atoms with Crippen molar-refractivity contribution in [1.29, 1.82) is 0 Å². The molecule has 5 rings (SSSR count). The third-order valence-corrected chi connectivity index (χ3v) is 6.60. The predicted molar refractivity (Wildman–Crippen MR) is 130 cm³/mol. The number of aromatic nitrogens is 4. The Labute approximate surface area is 202 Å². The number of rotatable bonds is 7. The van der Waals surface area contributed by atoms with E-state index in [1.54, 1.807) is 67.6 Å². The lowest BCUT2D eigenvalue weighted by Gasteiger charge is -2.20. The predicted octanol–water partition coefficient (Wildman–Crippen LogP) is 3.66. The number of anilines is 1. The van der Waals surface area contributed by atoms with Crippen molar-refractivity contribution >= 4 is 22.6 Å². The van der Waals surface area contributed by atoms with Gasteiger partial charge in [-0.25, -0.2) is 14.4 Å². The number of nitrogens with one attached hydrogen (secondary N) is 2. The highest BCUT2D eigenvalue weighted by molar-refractivity contribution is 5.95. The maximum absolute atomic E-state index is 14.3. The van der Waals surface area contributed by atoms with Gasteiger partial charge in [0.2, 0.25) is 0 Å². The van der Waals surface area contributed by atoms with Gasteiger partial charge in [0.15, 0.2) is 0 Å². The van der Waals surface area contributed by atoms with E-state index in [0.29, 0.717) is 22.5 Å². The Bertz CT molecular complexity index is 1410. The van der Waals surface area contributed by atoms with Gasteiger partial charge >= 0.3 is 0 Å². The van der Waals surface area contributed by atoms with E-state index in [4.69, 9.17) is 0 Å². The summed E-state index contributed by atoms with van der Waals surface area (Å²) in [7, 11) is 1.78. The number of benzene rings is 1. The van der Waals surface area contributed by atoms with Crippen LogP contribution in [0.5, 0.6) is 0 Å². The van der Waals surface area contributed by atoms with Crippen molar-refractivity contribution in [2.75, 3.05) is 5.32 Å². The minimum atomic E-state index is -0.692. The lowest BCUT2D eigenvalue weighted by molar-refractivity contribution is 0.0938. The molecule has 35 heavy (non-hydrogen) atoms. The summed E-state index contributed by atoms with van der Waals surface area (Å²) < 4.78 is 16.0. The Morgan fingerprint density at radius 3 is 2.66 bits per heavy atom. The van der Waals surface area contributed by atoms with Crippen LogP contribution in [0.2, 0.25) is 0 Å². The third-order valence-electron chi connectivity index (χ3n) is 6.60. The summed E-state index contributed by atoms with van der Waals surface area (Å²) in [5.41, 5.74) is 2.00. The quantitative estimate of drug-likeness (QED) is 0.378. The number of amides is 1. The summed E-state index contributed by atoms with van der Waals surface area (Å²) in [6.07, 6.45) is 6.65. The van der Waals surface area contributed by atoms with Crippen LogP contribution in [-0.4, -0.2) is 42.4 Å². The number of fused-ring (bicyclic) bond motifs is 1. The zero-order valence-corrected chi connectivity index (χ0v) is 19.8. The van der Waals surface area contributed by atoms with Crippen molar-refractivity contribution in [3.05, 3.63) is 83.2 Å². The first-order chi connectivity index (χ1) is 16.7. The zero-order chi connectivity index (χ0) is 24.7. The average Bonchev–Trinajstić information content (AvgIpc) is 3.46. The number of carbonyl (C=O) groups excluding carboxylic acids is 1. The van der Waals surface area contributed by atoms with E-state index < -0.39 is 17.6 Å². The van der Waals surface area contributed by atoms with E-state index in [1.165, 1.54) is 6.07 Å². The highest BCUT2D eigenvalue weighted by atomic mass is 19.1. The van der Waals surface area contributed by atoms with Gasteiger partial charge in [-0.15, -0.1) is 0 Å². The molecule has 1 aliphatic rings. The molecule has 0 bridgehead atoms. The van der Waals surface area contributed by atoms with E-state index in [-0.39, 0.29) is 17.6 Å². The van der Waals surface area contributed by atoms with Crippen LogP contribution in [0.4, 0.5) is 10.2 Å². The molecule has 3 aromatic heterocycles. The Balaban J connectivity index is 1.42. The normalized spacial score (nSPS) is 16.0. The van der Waals surface area contributed by atoms with Gasteiger partial charge in [0.1, 0.15) is 17.3 Å². The zero-order valence-electron chi connectivity index (χ0n) is 19.8. The summed E-state index contributed by atoms with van der Waals surface area (Å²) in [5.74, 6) is -0.153. The van der Waals surface area contributed by atoms with Crippen LogP contribution in [-0.2, 0) is 7.05 Å². The molecule has 0 aliphatic heterocycles. The van der Waals surface area contributed by atoms with Gasteiger partial charge in [-0.1, -0.05) is 12.1 Å². The fourth-order valence-corrected chi connectivity index (χ4v) is 4.08. The molecule has 1 amide bonds. The highest BCUT2D eigenvalue weighted by Gasteiger charge is 2.45. The molecular weight excluding hydrogens is 447 g/mol. The summed E-state index contributed by atoms with van der Waals surface area (Å²) in [6, 6.07) is 9.36. The molecule has 8 nitrogen and oxygen atoms in total. The molecule has 2 atom stereocenters. The van der Waals surface area contributed by atoms with Gasteiger partial charge in [-0.05, 0) is 56.0 Å². The average molecular weight is 475 g/mol. The second kappa shape index (κ2) is 8.74. The first-order valence-corrected chi connectivity index (χ1v) is 11.5. The molecule has 1 saturated carbocycles. The number of pyridine rings is 2. The second-order valence-electron chi connectivity index (χ2n) is 9.29. The van der Waals surface area contributed by atoms with Crippen molar-refractivity contribution in [2.24, 2.45) is 7.05 Å². The van der Waals surface area contributed by atoms with Crippen molar-refractivity contribution in [1.82, 2.24) is 25.1 Å². The van der Waals surface area contributed by atoms with E-state index >= 15 is 0 Å². The van der Waals surface area contributed by atoms with Crippen LogP contribution >= 0.6 is 0 Å². The fraction of sp³-hybridized carbons (Fsp3) is 0.308. The molecule has 1 aliphatic carbocycles. The van der Waals surface area contributed by atoms with Crippen LogP contribution in [0.3, 0.4) is 0 Å². The molecule has 3 heterocycles. The molecular formula is C26H27FN6O2. The number of nitrogens with zero attached hydrogens (tertiary/aromatic N) is 4. The Kier molecular flexibility index (Phi) is 5.72. The maximum Gasteiger partial charge on any atom is 0.270 e. The molecule has 0 saturated heterocycles. The second-order valence-corrected chi connectivity index (χ2v) is 9.29. The van der Waals surface area contributed by atoms with Crippen LogP contribution in [0.15, 0.2) is 55.0 Å². The van der Waals surface area contributed by atoms with Gasteiger partial charge < -0.3 is 15.7 Å². The van der Waals surface area contributed by atoms with Crippen LogP contribution in [0.1, 0.15) is 53.0 Å². The summed E-state index contributed by atoms with van der Waals surface area (Å²) in [4.78, 5) is 22.2. The van der Waals surface area contributed by atoms with Gasteiger partial charge in [-0.3, -0.25) is 9.48 Å². The minimum absolute atomic E-state index is 0.144. The van der Waals surface area contributed by atoms with Gasteiger partial charge in [0, 0.05) is 36.5 Å². The van der Waals surface area contributed by atoms with E-state index in [9.17, 15) is 14.3 Å². The number of hydrogen-bond donors (Lipinski definition) is 3. The lowest BCUT2D eigenvalue weighted by Crippen LogP contribution is -2.32. The van der Waals surface area contributed by atoms with E-state index in [0.717, 1.165) is 23.8 Å². The molecule has 3 N–H and O–H groups in total. The molecule has 0 unspecified atom stereocenters. The van der Waals surface area contributed by atoms with Crippen LogP contribution in [0.25, 0.3) is 10.9 Å². The van der Waals surface area contributed by atoms with Gasteiger partial charge in [0.05, 0.1) is 29.4 Å². The number of carbonyl (C=O) groups is 1. The van der Waals surface area contributed by atoms with Crippen molar-refractivity contribution in [2.45, 2.75) is 44.4 Å². The molecule has 4 aromatic rings. The van der Waals surface area contributed by atoms with E-state index in [2.05, 4.69) is 25.7 Å². The van der Waals surface area contributed by atoms with Crippen molar-refractivity contribution < 1.29 is 14.3 Å². The largest absolute Gasteiger partial charge is 0.388 e.